The summed E-state index contributed by atoms with van der Waals surface area (Å²) in [6.07, 6.45) is -11.2. The standard InChI is InChI=1S/C24H22Cl2F17NO2/c25-9-11-44(12-10-26)15-6-4-14(5-7-15)2-1-3-16(45)46-13-8-17(27,28)18(29,30)19(31,32)20(33,34)21(35,36)22(37,38)23(39,40)24(41,42)43/h4-7H,1-3,8-13H2. The smallest absolute Gasteiger partial charge is 0.460 e. The molecule has 268 valence electrons. The van der Waals surface area contributed by atoms with Gasteiger partial charge < -0.3 is 9.64 Å². The van der Waals surface area contributed by atoms with Crippen LogP contribution in [0.1, 0.15) is 24.8 Å². The van der Waals surface area contributed by atoms with E-state index >= 15 is 0 Å². The Morgan fingerprint density at radius 2 is 1.04 bits per heavy atom. The fourth-order valence-electron chi connectivity index (χ4n) is 3.60. The number of benzene rings is 1. The van der Waals surface area contributed by atoms with Gasteiger partial charge in [-0.1, -0.05) is 12.1 Å². The highest BCUT2D eigenvalue weighted by atomic mass is 35.5. The van der Waals surface area contributed by atoms with E-state index in [0.29, 0.717) is 30.4 Å². The van der Waals surface area contributed by atoms with Crippen molar-refractivity contribution in [3.05, 3.63) is 29.8 Å². The van der Waals surface area contributed by atoms with Crippen LogP contribution in [-0.4, -0.2) is 85.1 Å². The van der Waals surface area contributed by atoms with Gasteiger partial charge >= 0.3 is 53.6 Å². The first-order valence-electron chi connectivity index (χ1n) is 12.4. The third-order valence-corrected chi connectivity index (χ3v) is 6.66. The molecule has 0 spiro atoms. The lowest BCUT2D eigenvalue weighted by atomic mass is 9.88. The molecule has 0 aliphatic rings. The summed E-state index contributed by atoms with van der Waals surface area (Å²) >= 11 is 11.4. The fourth-order valence-corrected chi connectivity index (χ4v) is 4.01. The van der Waals surface area contributed by atoms with E-state index in [2.05, 4.69) is 4.74 Å². The topological polar surface area (TPSA) is 29.5 Å². The third-order valence-electron chi connectivity index (χ3n) is 6.32. The van der Waals surface area contributed by atoms with E-state index in [1.165, 1.54) is 0 Å². The van der Waals surface area contributed by atoms with Crippen molar-refractivity contribution in [2.45, 2.75) is 73.3 Å². The Morgan fingerprint density at radius 1 is 0.630 bits per heavy atom. The van der Waals surface area contributed by atoms with E-state index in [1.54, 1.807) is 24.3 Å². The van der Waals surface area contributed by atoms with E-state index in [0.717, 1.165) is 5.69 Å². The molecule has 1 aromatic carbocycles. The number of esters is 1. The summed E-state index contributed by atoms with van der Waals surface area (Å²) in [6.45, 7) is -1.03. The molecular weight excluding hydrogens is 728 g/mol. The van der Waals surface area contributed by atoms with Crippen molar-refractivity contribution in [1.82, 2.24) is 0 Å². The number of hydrogen-bond donors (Lipinski definition) is 0. The average Bonchev–Trinajstić information content (AvgIpc) is 2.92. The summed E-state index contributed by atoms with van der Waals surface area (Å²) in [7, 11) is 0. The Bertz CT molecular complexity index is 1140. The van der Waals surface area contributed by atoms with Crippen LogP contribution >= 0.6 is 23.2 Å². The van der Waals surface area contributed by atoms with Crippen LogP contribution in [-0.2, 0) is 16.0 Å². The molecule has 0 heterocycles. The minimum Gasteiger partial charge on any atom is -0.465 e. The summed E-state index contributed by atoms with van der Waals surface area (Å²) in [5.41, 5.74) is 1.36. The summed E-state index contributed by atoms with van der Waals surface area (Å²) < 4.78 is 230. The molecule has 0 aliphatic carbocycles. The Morgan fingerprint density at radius 3 is 1.46 bits per heavy atom. The summed E-state index contributed by atoms with van der Waals surface area (Å²) in [5.74, 6) is -57.8. The predicted octanol–water partition coefficient (Wildman–Crippen LogP) is 9.24. The lowest BCUT2D eigenvalue weighted by Crippen LogP contribution is -2.74. The first-order valence-corrected chi connectivity index (χ1v) is 13.5. The molecule has 3 nitrogen and oxygen atoms in total. The van der Waals surface area contributed by atoms with Crippen molar-refractivity contribution >= 4 is 34.9 Å². The first-order chi connectivity index (χ1) is 20.6. The van der Waals surface area contributed by atoms with Crippen molar-refractivity contribution in [3.63, 3.8) is 0 Å². The molecule has 0 saturated heterocycles. The number of alkyl halides is 19. The van der Waals surface area contributed by atoms with Crippen LogP contribution < -0.4 is 4.90 Å². The van der Waals surface area contributed by atoms with E-state index in [4.69, 9.17) is 23.2 Å². The molecular formula is C24H22Cl2F17NO2. The fraction of sp³-hybridized carbons (Fsp3) is 0.708. The number of carbonyl (C=O) groups excluding carboxylic acids is 1. The molecule has 0 N–H and O–H groups in total. The second kappa shape index (κ2) is 14.6. The Balaban J connectivity index is 2.91. The number of carbonyl (C=O) groups is 1. The highest BCUT2D eigenvalue weighted by molar-refractivity contribution is 6.18. The van der Waals surface area contributed by atoms with Gasteiger partial charge in [0.25, 0.3) is 0 Å². The van der Waals surface area contributed by atoms with E-state index in [9.17, 15) is 79.4 Å². The predicted molar refractivity (Wildman–Crippen MR) is 129 cm³/mol. The van der Waals surface area contributed by atoms with Crippen LogP contribution in [0, 0.1) is 0 Å². The van der Waals surface area contributed by atoms with Gasteiger partial charge in [-0.3, -0.25) is 4.79 Å². The number of rotatable bonds is 18. The third kappa shape index (κ3) is 7.94. The molecule has 0 aliphatic heterocycles. The van der Waals surface area contributed by atoms with Gasteiger partial charge in [0, 0.05) is 37.0 Å². The number of ether oxygens (including phenoxy) is 1. The van der Waals surface area contributed by atoms with Gasteiger partial charge in [-0.25, -0.2) is 0 Å². The molecule has 0 unspecified atom stereocenters. The second-order valence-electron chi connectivity index (χ2n) is 9.50. The maximum atomic E-state index is 13.9. The molecule has 0 bridgehead atoms. The van der Waals surface area contributed by atoms with Crippen molar-refractivity contribution in [2.24, 2.45) is 0 Å². The number of hydrogen-bond acceptors (Lipinski definition) is 3. The Kier molecular flexibility index (Phi) is 13.3. The molecule has 0 aromatic heterocycles. The molecule has 0 atom stereocenters. The lowest BCUT2D eigenvalue weighted by Gasteiger charge is -2.42. The number of halogens is 19. The highest BCUT2D eigenvalue weighted by Crippen LogP contribution is 2.64. The summed E-state index contributed by atoms with van der Waals surface area (Å²) in [5, 5.41) is 0. The van der Waals surface area contributed by atoms with Gasteiger partial charge in [0.15, 0.2) is 0 Å². The molecule has 22 heteroatoms. The van der Waals surface area contributed by atoms with Gasteiger partial charge in [0.05, 0.1) is 13.0 Å². The zero-order valence-corrected chi connectivity index (χ0v) is 24.1. The van der Waals surface area contributed by atoms with Crippen LogP contribution in [0.2, 0.25) is 0 Å². The summed E-state index contributed by atoms with van der Waals surface area (Å²) in [4.78, 5) is 13.6. The normalized spacial score (nSPS) is 14.4. The summed E-state index contributed by atoms with van der Waals surface area (Å²) in [6, 6.07) is 6.59. The van der Waals surface area contributed by atoms with Crippen molar-refractivity contribution < 1.29 is 84.2 Å². The number of anilines is 1. The molecule has 0 saturated carbocycles. The van der Waals surface area contributed by atoms with E-state index in [1.807, 2.05) is 4.90 Å². The number of aryl methyl sites for hydroxylation is 1. The second-order valence-corrected chi connectivity index (χ2v) is 10.3. The minimum atomic E-state index is -8.69. The quantitative estimate of drug-likeness (QED) is 0.0852. The average molecular weight is 750 g/mol. The SMILES string of the molecule is O=C(CCCc1ccc(N(CCCl)CCCl)cc1)OCCC(F)(F)C(F)(F)C(F)(F)C(F)(F)C(F)(F)C(F)(F)C(F)(F)C(F)(F)F. The van der Waals surface area contributed by atoms with Crippen LogP contribution in [0.5, 0.6) is 0 Å². The zero-order chi connectivity index (χ0) is 36.2. The van der Waals surface area contributed by atoms with E-state index in [-0.39, 0.29) is 12.8 Å². The highest BCUT2D eigenvalue weighted by Gasteiger charge is 2.95. The molecule has 1 rings (SSSR count). The van der Waals surface area contributed by atoms with E-state index < -0.39 is 73.1 Å². The van der Waals surface area contributed by atoms with Gasteiger partial charge in [-0.15, -0.1) is 23.2 Å². The molecule has 0 amide bonds. The molecule has 0 radical (unpaired) electrons. The van der Waals surface area contributed by atoms with Gasteiger partial charge in [0.1, 0.15) is 0 Å². The molecule has 0 fully saturated rings. The monoisotopic (exact) mass is 749 g/mol. The van der Waals surface area contributed by atoms with Gasteiger partial charge in [-0.05, 0) is 30.5 Å². The first kappa shape index (κ1) is 41.9. The maximum absolute atomic E-state index is 13.9. The van der Waals surface area contributed by atoms with Crippen molar-refractivity contribution in [2.75, 3.05) is 36.4 Å². The zero-order valence-electron chi connectivity index (χ0n) is 22.6. The number of nitrogens with zero attached hydrogens (tertiary/aromatic N) is 1. The Labute approximate surface area is 258 Å². The van der Waals surface area contributed by atoms with Gasteiger partial charge in [-0.2, -0.15) is 74.6 Å². The minimum absolute atomic E-state index is 0.0754. The van der Waals surface area contributed by atoms with Crippen LogP contribution in [0.15, 0.2) is 24.3 Å². The van der Waals surface area contributed by atoms with Gasteiger partial charge in [0.2, 0.25) is 0 Å². The maximum Gasteiger partial charge on any atom is 0.460 e. The van der Waals surface area contributed by atoms with Crippen LogP contribution in [0.25, 0.3) is 0 Å². The van der Waals surface area contributed by atoms with Crippen molar-refractivity contribution in [1.29, 1.82) is 0 Å². The molecule has 1 aromatic rings. The lowest BCUT2D eigenvalue weighted by molar-refractivity contribution is -0.461. The van der Waals surface area contributed by atoms with Crippen LogP contribution in [0.4, 0.5) is 80.3 Å². The molecule has 46 heavy (non-hydrogen) atoms. The largest absolute Gasteiger partial charge is 0.465 e. The van der Waals surface area contributed by atoms with Crippen LogP contribution in [0.3, 0.4) is 0 Å². The Hall–Kier alpha value is -2.12. The van der Waals surface area contributed by atoms with Crippen molar-refractivity contribution in [3.8, 4) is 0 Å².